The van der Waals surface area contributed by atoms with Gasteiger partial charge < -0.3 is 20.3 Å². The van der Waals surface area contributed by atoms with Gasteiger partial charge in [0, 0.05) is 12.8 Å². The molecule has 1 aliphatic rings. The van der Waals surface area contributed by atoms with Crippen LogP contribution in [0, 0.1) is 5.92 Å². The highest BCUT2D eigenvalue weighted by Gasteiger charge is 2.40. The molecule has 0 aromatic carbocycles. The van der Waals surface area contributed by atoms with Crippen LogP contribution in [0.1, 0.15) is 20.8 Å². The SMILES string of the molecule is CC(=O)N[C@@H]1C(O)[C@H](C)[C@@H](CO)O[C@H]1C. The van der Waals surface area contributed by atoms with Crippen molar-refractivity contribution in [3.05, 3.63) is 0 Å². The number of amides is 1. The van der Waals surface area contributed by atoms with Gasteiger partial charge in [0.2, 0.25) is 5.91 Å². The summed E-state index contributed by atoms with van der Waals surface area (Å²) in [5.74, 6) is -0.382. The Labute approximate surface area is 89.4 Å². The van der Waals surface area contributed by atoms with Crippen LogP contribution in [0.2, 0.25) is 0 Å². The molecule has 88 valence electrons. The van der Waals surface area contributed by atoms with Gasteiger partial charge in [-0.05, 0) is 6.92 Å². The second-order valence-electron chi connectivity index (χ2n) is 4.14. The second kappa shape index (κ2) is 4.92. The van der Waals surface area contributed by atoms with E-state index < -0.39 is 12.1 Å². The standard InChI is InChI=1S/C10H19NO4/c1-5-8(4-12)15-6(2)9(10(5)14)11-7(3)13/h5-6,8-10,12,14H,4H2,1-3H3,(H,11,13)/t5-,6+,8-,9+,10?/m1/s1. The first-order valence-electron chi connectivity index (χ1n) is 5.18. The number of aliphatic hydroxyl groups is 2. The van der Waals surface area contributed by atoms with Gasteiger partial charge in [0.15, 0.2) is 0 Å². The van der Waals surface area contributed by atoms with Crippen LogP contribution in [-0.2, 0) is 9.53 Å². The quantitative estimate of drug-likeness (QED) is 0.569. The summed E-state index contributed by atoms with van der Waals surface area (Å²) in [4.78, 5) is 10.9. The molecule has 0 bridgehead atoms. The predicted molar refractivity (Wildman–Crippen MR) is 54.2 cm³/mol. The Bertz CT molecular complexity index is 233. The van der Waals surface area contributed by atoms with Crippen molar-refractivity contribution < 1.29 is 19.7 Å². The van der Waals surface area contributed by atoms with Crippen molar-refractivity contribution in [3.8, 4) is 0 Å². The summed E-state index contributed by atoms with van der Waals surface area (Å²) in [6.07, 6.45) is -1.34. The molecule has 1 amide bonds. The average Bonchev–Trinajstić information content (AvgIpc) is 2.18. The molecular formula is C10H19NO4. The molecule has 1 fully saturated rings. The van der Waals surface area contributed by atoms with Crippen LogP contribution in [-0.4, -0.2) is 47.1 Å². The third-order valence-corrected chi connectivity index (χ3v) is 2.94. The lowest BCUT2D eigenvalue weighted by molar-refractivity contribution is -0.160. The summed E-state index contributed by atoms with van der Waals surface area (Å²) < 4.78 is 5.51. The Kier molecular flexibility index (Phi) is 4.07. The number of carbonyl (C=O) groups excluding carboxylic acids is 1. The van der Waals surface area contributed by atoms with E-state index in [1.165, 1.54) is 6.92 Å². The summed E-state index contributed by atoms with van der Waals surface area (Å²) in [6.45, 7) is 4.86. The van der Waals surface area contributed by atoms with Crippen LogP contribution >= 0.6 is 0 Å². The molecule has 0 aliphatic carbocycles. The van der Waals surface area contributed by atoms with E-state index in [4.69, 9.17) is 9.84 Å². The predicted octanol–water partition coefficient (Wildman–Crippen LogP) is -0.732. The number of rotatable bonds is 2. The van der Waals surface area contributed by atoms with Crippen molar-refractivity contribution in [2.24, 2.45) is 5.92 Å². The molecule has 1 unspecified atom stereocenters. The molecule has 1 aliphatic heterocycles. The van der Waals surface area contributed by atoms with Gasteiger partial charge in [-0.15, -0.1) is 0 Å². The van der Waals surface area contributed by atoms with E-state index in [9.17, 15) is 9.90 Å². The summed E-state index contributed by atoms with van der Waals surface area (Å²) in [5, 5.41) is 21.7. The van der Waals surface area contributed by atoms with Crippen molar-refractivity contribution >= 4 is 5.91 Å². The van der Waals surface area contributed by atoms with Gasteiger partial charge in [0.25, 0.3) is 0 Å². The third kappa shape index (κ3) is 2.68. The van der Waals surface area contributed by atoms with E-state index in [0.717, 1.165) is 0 Å². The summed E-state index contributed by atoms with van der Waals surface area (Å²) in [6, 6.07) is -0.403. The van der Waals surface area contributed by atoms with Gasteiger partial charge in [-0.1, -0.05) is 6.92 Å². The highest BCUT2D eigenvalue weighted by Crippen LogP contribution is 2.25. The molecule has 0 spiro atoms. The first-order valence-corrected chi connectivity index (χ1v) is 5.18. The molecular weight excluding hydrogens is 198 g/mol. The highest BCUT2D eigenvalue weighted by molar-refractivity contribution is 5.73. The fourth-order valence-corrected chi connectivity index (χ4v) is 1.96. The molecule has 0 radical (unpaired) electrons. The molecule has 15 heavy (non-hydrogen) atoms. The van der Waals surface area contributed by atoms with Gasteiger partial charge in [0.1, 0.15) is 0 Å². The minimum Gasteiger partial charge on any atom is -0.394 e. The first-order chi connectivity index (χ1) is 6.97. The van der Waals surface area contributed by atoms with E-state index in [0.29, 0.717) is 0 Å². The Morgan fingerprint density at radius 1 is 1.47 bits per heavy atom. The largest absolute Gasteiger partial charge is 0.394 e. The molecule has 5 nitrogen and oxygen atoms in total. The molecule has 0 aromatic rings. The lowest BCUT2D eigenvalue weighted by Gasteiger charge is -2.42. The topological polar surface area (TPSA) is 78.8 Å². The van der Waals surface area contributed by atoms with Gasteiger partial charge in [-0.3, -0.25) is 4.79 Å². The lowest BCUT2D eigenvalue weighted by atomic mass is 9.87. The maximum absolute atomic E-state index is 10.9. The molecule has 1 saturated heterocycles. The van der Waals surface area contributed by atoms with Crippen LogP contribution in [0.5, 0.6) is 0 Å². The molecule has 1 rings (SSSR count). The van der Waals surface area contributed by atoms with Gasteiger partial charge in [-0.25, -0.2) is 0 Å². The Hall–Kier alpha value is -0.650. The van der Waals surface area contributed by atoms with E-state index in [-0.39, 0.29) is 30.6 Å². The average molecular weight is 217 g/mol. The van der Waals surface area contributed by atoms with E-state index in [2.05, 4.69) is 5.32 Å². The van der Waals surface area contributed by atoms with Crippen LogP contribution in [0.3, 0.4) is 0 Å². The maximum atomic E-state index is 10.9. The lowest BCUT2D eigenvalue weighted by Crippen LogP contribution is -2.60. The van der Waals surface area contributed by atoms with Gasteiger partial charge >= 0.3 is 0 Å². The van der Waals surface area contributed by atoms with Crippen LogP contribution in [0.25, 0.3) is 0 Å². The smallest absolute Gasteiger partial charge is 0.217 e. The van der Waals surface area contributed by atoms with Crippen molar-refractivity contribution in [1.82, 2.24) is 5.32 Å². The highest BCUT2D eigenvalue weighted by atomic mass is 16.5. The van der Waals surface area contributed by atoms with Gasteiger partial charge in [0.05, 0.1) is 31.0 Å². The minimum atomic E-state index is -0.685. The molecule has 5 heteroatoms. The van der Waals surface area contributed by atoms with E-state index in [1.807, 2.05) is 0 Å². The van der Waals surface area contributed by atoms with Crippen molar-refractivity contribution in [1.29, 1.82) is 0 Å². The van der Waals surface area contributed by atoms with Crippen molar-refractivity contribution in [2.45, 2.75) is 45.1 Å². The van der Waals surface area contributed by atoms with Crippen LogP contribution < -0.4 is 5.32 Å². The fraction of sp³-hybridized carbons (Fsp3) is 0.900. The van der Waals surface area contributed by atoms with Crippen LogP contribution in [0.15, 0.2) is 0 Å². The summed E-state index contributed by atoms with van der Waals surface area (Å²) in [7, 11) is 0. The zero-order valence-electron chi connectivity index (χ0n) is 9.30. The molecule has 5 atom stereocenters. The number of nitrogens with one attached hydrogen (secondary N) is 1. The molecule has 0 aromatic heterocycles. The number of hydrogen-bond donors (Lipinski definition) is 3. The Morgan fingerprint density at radius 2 is 2.07 bits per heavy atom. The fourth-order valence-electron chi connectivity index (χ4n) is 1.96. The number of aliphatic hydroxyl groups excluding tert-OH is 2. The molecule has 1 heterocycles. The molecule has 0 saturated carbocycles. The van der Waals surface area contributed by atoms with Gasteiger partial charge in [-0.2, -0.15) is 0 Å². The monoisotopic (exact) mass is 217 g/mol. The van der Waals surface area contributed by atoms with Crippen molar-refractivity contribution in [3.63, 3.8) is 0 Å². The zero-order valence-corrected chi connectivity index (χ0v) is 9.30. The van der Waals surface area contributed by atoms with Crippen molar-refractivity contribution in [2.75, 3.05) is 6.61 Å². The minimum absolute atomic E-state index is 0.116. The number of ether oxygens (including phenoxy) is 1. The first kappa shape index (κ1) is 12.4. The van der Waals surface area contributed by atoms with E-state index >= 15 is 0 Å². The Morgan fingerprint density at radius 3 is 2.53 bits per heavy atom. The Balaban J connectivity index is 2.70. The zero-order chi connectivity index (χ0) is 11.6. The van der Waals surface area contributed by atoms with E-state index in [1.54, 1.807) is 13.8 Å². The maximum Gasteiger partial charge on any atom is 0.217 e. The number of hydrogen-bond acceptors (Lipinski definition) is 4. The third-order valence-electron chi connectivity index (χ3n) is 2.94. The second-order valence-corrected chi connectivity index (χ2v) is 4.14. The number of carbonyl (C=O) groups is 1. The summed E-state index contributed by atoms with van der Waals surface area (Å²) in [5.41, 5.74) is 0. The summed E-state index contributed by atoms with van der Waals surface area (Å²) >= 11 is 0. The molecule has 3 N–H and O–H groups in total. The normalized spacial score (nSPS) is 41.3. The van der Waals surface area contributed by atoms with Crippen LogP contribution in [0.4, 0.5) is 0 Å².